The van der Waals surface area contributed by atoms with Gasteiger partial charge in [-0.05, 0) is 48.7 Å². The molecule has 0 spiro atoms. The van der Waals surface area contributed by atoms with Crippen LogP contribution in [0.15, 0.2) is 42.5 Å². The maximum atomic E-state index is 13.1. The van der Waals surface area contributed by atoms with Crippen LogP contribution in [0.3, 0.4) is 0 Å². The Bertz CT molecular complexity index is 928. The molecule has 7 heteroatoms. The van der Waals surface area contributed by atoms with E-state index in [2.05, 4.69) is 5.32 Å². The maximum Gasteiger partial charge on any atom is 0.255 e. The first kappa shape index (κ1) is 20.0. The van der Waals surface area contributed by atoms with Gasteiger partial charge in [-0.2, -0.15) is 0 Å². The van der Waals surface area contributed by atoms with Crippen molar-refractivity contribution in [3.05, 3.63) is 63.6 Å². The fraction of sp³-hybridized carbons (Fsp3) is 0.364. The molecule has 2 aromatic carbocycles. The van der Waals surface area contributed by atoms with E-state index in [9.17, 15) is 9.59 Å². The molecule has 1 aliphatic carbocycles. The van der Waals surface area contributed by atoms with Crippen LogP contribution in [0.1, 0.15) is 34.7 Å². The number of benzene rings is 2. The van der Waals surface area contributed by atoms with Gasteiger partial charge in [-0.15, -0.1) is 0 Å². The van der Waals surface area contributed by atoms with Gasteiger partial charge in [-0.25, -0.2) is 0 Å². The standard InChI is InChI=1S/C22H22Cl2N2O3/c1-29-16-7-2-13(3-8-16)18-11-26(12-19(18)21(27)25-15-5-6-15)22(28)17-9-4-14(23)10-20(17)24/h2-4,7-10,15,18-19H,5-6,11-12H2,1H3,(H,25,27). The molecule has 1 aliphatic heterocycles. The molecule has 2 aliphatic rings. The molecule has 1 N–H and O–H groups in total. The zero-order chi connectivity index (χ0) is 20.5. The van der Waals surface area contributed by atoms with Crippen molar-refractivity contribution in [1.29, 1.82) is 0 Å². The maximum absolute atomic E-state index is 13.1. The Morgan fingerprint density at radius 2 is 1.79 bits per heavy atom. The SMILES string of the molecule is COc1ccc(C2CN(C(=O)c3ccc(Cl)cc3Cl)CC2C(=O)NC2CC2)cc1. The van der Waals surface area contributed by atoms with Crippen LogP contribution in [0.4, 0.5) is 0 Å². The first-order valence-electron chi connectivity index (χ1n) is 9.65. The highest BCUT2D eigenvalue weighted by Crippen LogP contribution is 2.36. The van der Waals surface area contributed by atoms with E-state index < -0.39 is 0 Å². The zero-order valence-corrected chi connectivity index (χ0v) is 17.5. The lowest BCUT2D eigenvalue weighted by Crippen LogP contribution is -2.36. The molecule has 0 aromatic heterocycles. The van der Waals surface area contributed by atoms with Gasteiger partial charge in [0.05, 0.1) is 23.6 Å². The lowest BCUT2D eigenvalue weighted by molar-refractivity contribution is -0.125. The highest BCUT2D eigenvalue weighted by Gasteiger charge is 2.42. The smallest absolute Gasteiger partial charge is 0.255 e. The number of nitrogens with zero attached hydrogens (tertiary/aromatic N) is 1. The molecular weight excluding hydrogens is 411 g/mol. The topological polar surface area (TPSA) is 58.6 Å². The van der Waals surface area contributed by atoms with Crippen LogP contribution in [0.5, 0.6) is 5.75 Å². The average Bonchev–Trinajstić information content (AvgIpc) is 3.41. The second kappa shape index (κ2) is 8.25. The van der Waals surface area contributed by atoms with E-state index in [1.54, 1.807) is 30.2 Å². The van der Waals surface area contributed by atoms with E-state index in [0.717, 1.165) is 24.2 Å². The van der Waals surface area contributed by atoms with Crippen LogP contribution in [0.25, 0.3) is 0 Å². The Kier molecular flexibility index (Phi) is 5.70. The summed E-state index contributed by atoms with van der Waals surface area (Å²) in [7, 11) is 1.62. The lowest BCUT2D eigenvalue weighted by Gasteiger charge is -2.18. The number of hydrogen-bond donors (Lipinski definition) is 1. The van der Waals surface area contributed by atoms with E-state index in [-0.39, 0.29) is 29.7 Å². The summed E-state index contributed by atoms with van der Waals surface area (Å²) in [5, 5.41) is 3.88. The third-order valence-electron chi connectivity index (χ3n) is 5.57. The van der Waals surface area contributed by atoms with Crippen LogP contribution in [-0.4, -0.2) is 43.0 Å². The quantitative estimate of drug-likeness (QED) is 0.772. The number of likely N-dealkylation sites (tertiary alicyclic amines) is 1. The van der Waals surface area contributed by atoms with Gasteiger partial charge in [0.15, 0.2) is 0 Å². The summed E-state index contributed by atoms with van der Waals surface area (Å²) in [4.78, 5) is 27.7. The van der Waals surface area contributed by atoms with Crippen molar-refractivity contribution in [3.8, 4) is 5.75 Å². The molecule has 152 valence electrons. The Labute approximate surface area is 179 Å². The van der Waals surface area contributed by atoms with Crippen molar-refractivity contribution in [2.75, 3.05) is 20.2 Å². The Balaban J connectivity index is 1.59. The van der Waals surface area contributed by atoms with E-state index in [1.807, 2.05) is 24.3 Å². The third kappa shape index (κ3) is 4.36. The minimum Gasteiger partial charge on any atom is -0.497 e. The zero-order valence-electron chi connectivity index (χ0n) is 16.0. The summed E-state index contributed by atoms with van der Waals surface area (Å²) >= 11 is 12.2. The van der Waals surface area contributed by atoms with Gasteiger partial charge in [0.2, 0.25) is 5.91 Å². The fourth-order valence-electron chi connectivity index (χ4n) is 3.79. The van der Waals surface area contributed by atoms with Gasteiger partial charge < -0.3 is 15.0 Å². The van der Waals surface area contributed by atoms with E-state index in [0.29, 0.717) is 28.7 Å². The molecule has 1 saturated carbocycles. The summed E-state index contributed by atoms with van der Waals surface area (Å²) in [5.41, 5.74) is 1.41. The van der Waals surface area contributed by atoms with Gasteiger partial charge >= 0.3 is 0 Å². The number of ether oxygens (including phenoxy) is 1. The number of halogens is 2. The molecule has 1 heterocycles. The Hall–Kier alpha value is -2.24. The van der Waals surface area contributed by atoms with Crippen molar-refractivity contribution >= 4 is 35.0 Å². The van der Waals surface area contributed by atoms with Gasteiger partial charge in [-0.3, -0.25) is 9.59 Å². The monoisotopic (exact) mass is 432 g/mol. The number of rotatable bonds is 5. The molecule has 2 amide bonds. The summed E-state index contributed by atoms with van der Waals surface area (Å²) in [5.74, 6) is 0.179. The van der Waals surface area contributed by atoms with Gasteiger partial charge in [0.1, 0.15) is 5.75 Å². The Morgan fingerprint density at radius 1 is 1.07 bits per heavy atom. The normalized spacial score (nSPS) is 21.1. The second-order valence-electron chi connectivity index (χ2n) is 7.60. The number of carbonyl (C=O) groups excluding carboxylic acids is 2. The molecule has 2 atom stereocenters. The molecule has 2 unspecified atom stereocenters. The minimum atomic E-state index is -0.306. The van der Waals surface area contributed by atoms with E-state index in [4.69, 9.17) is 27.9 Å². The van der Waals surface area contributed by atoms with Crippen molar-refractivity contribution in [2.45, 2.75) is 24.8 Å². The summed E-state index contributed by atoms with van der Waals surface area (Å²) in [6.45, 7) is 0.805. The molecule has 0 radical (unpaired) electrons. The largest absolute Gasteiger partial charge is 0.497 e. The van der Waals surface area contributed by atoms with Crippen molar-refractivity contribution in [1.82, 2.24) is 10.2 Å². The molecule has 29 heavy (non-hydrogen) atoms. The molecule has 0 bridgehead atoms. The van der Waals surface area contributed by atoms with Crippen LogP contribution >= 0.6 is 23.2 Å². The molecule has 4 rings (SSSR count). The number of amides is 2. The number of hydrogen-bond acceptors (Lipinski definition) is 3. The Morgan fingerprint density at radius 3 is 2.41 bits per heavy atom. The first-order valence-corrected chi connectivity index (χ1v) is 10.4. The number of carbonyl (C=O) groups is 2. The molecule has 2 aromatic rings. The summed E-state index contributed by atoms with van der Waals surface area (Å²) < 4.78 is 5.24. The van der Waals surface area contributed by atoms with Crippen molar-refractivity contribution in [2.24, 2.45) is 5.92 Å². The number of methoxy groups -OCH3 is 1. The molecule has 1 saturated heterocycles. The highest BCUT2D eigenvalue weighted by molar-refractivity contribution is 6.36. The van der Waals surface area contributed by atoms with Crippen LogP contribution < -0.4 is 10.1 Å². The van der Waals surface area contributed by atoms with Gasteiger partial charge in [-0.1, -0.05) is 35.3 Å². The van der Waals surface area contributed by atoms with Crippen LogP contribution in [-0.2, 0) is 4.79 Å². The van der Waals surface area contributed by atoms with Crippen molar-refractivity contribution < 1.29 is 14.3 Å². The predicted molar refractivity (Wildman–Crippen MR) is 113 cm³/mol. The minimum absolute atomic E-state index is 0.00539. The number of nitrogens with one attached hydrogen (secondary N) is 1. The van der Waals surface area contributed by atoms with E-state index in [1.165, 1.54) is 0 Å². The molecule has 2 fully saturated rings. The highest BCUT2D eigenvalue weighted by atomic mass is 35.5. The molecular formula is C22H22Cl2N2O3. The van der Waals surface area contributed by atoms with Gasteiger partial charge in [0.25, 0.3) is 5.91 Å². The van der Waals surface area contributed by atoms with Crippen molar-refractivity contribution in [3.63, 3.8) is 0 Å². The fourth-order valence-corrected chi connectivity index (χ4v) is 4.28. The summed E-state index contributed by atoms with van der Waals surface area (Å²) in [6, 6.07) is 12.8. The summed E-state index contributed by atoms with van der Waals surface area (Å²) in [6.07, 6.45) is 2.05. The average molecular weight is 433 g/mol. The predicted octanol–water partition coefficient (Wildman–Crippen LogP) is 4.14. The third-order valence-corrected chi connectivity index (χ3v) is 6.12. The van der Waals surface area contributed by atoms with Gasteiger partial charge in [0, 0.05) is 30.1 Å². The lowest BCUT2D eigenvalue weighted by atomic mass is 9.88. The van der Waals surface area contributed by atoms with Crippen LogP contribution in [0.2, 0.25) is 10.0 Å². The molecule has 5 nitrogen and oxygen atoms in total. The second-order valence-corrected chi connectivity index (χ2v) is 8.45. The van der Waals surface area contributed by atoms with E-state index >= 15 is 0 Å². The first-order chi connectivity index (χ1) is 14.0. The van der Waals surface area contributed by atoms with Crippen LogP contribution in [0, 0.1) is 5.92 Å².